The van der Waals surface area contributed by atoms with Crippen LogP contribution in [0.25, 0.3) is 0 Å². The number of carbonyl (C=O) groups excluding carboxylic acids is 1. The van der Waals surface area contributed by atoms with Gasteiger partial charge in [0.2, 0.25) is 0 Å². The average Bonchev–Trinajstić information content (AvgIpc) is 2.10. The van der Waals surface area contributed by atoms with Crippen LogP contribution < -0.4 is 0 Å². The molecular formula is C11H24O3Si. The van der Waals surface area contributed by atoms with Crippen LogP contribution in [0, 0.1) is 0 Å². The molecule has 0 aromatic rings. The molecule has 15 heavy (non-hydrogen) atoms. The highest BCUT2D eigenvalue weighted by molar-refractivity contribution is 6.75. The molecule has 0 unspecified atom stereocenters. The second kappa shape index (κ2) is 6.28. The van der Waals surface area contributed by atoms with Crippen molar-refractivity contribution in [1.82, 2.24) is 0 Å². The van der Waals surface area contributed by atoms with Gasteiger partial charge in [-0.3, -0.25) is 4.79 Å². The Labute approximate surface area is 94.0 Å². The number of carbonyl (C=O) groups is 1. The van der Waals surface area contributed by atoms with E-state index < -0.39 is 8.32 Å². The van der Waals surface area contributed by atoms with Crippen LogP contribution in [0.1, 0.15) is 41.0 Å². The minimum Gasteiger partial charge on any atom is -0.466 e. The lowest BCUT2D eigenvalue weighted by Gasteiger charge is -2.33. The molecule has 4 heteroatoms. The molecule has 90 valence electrons. The van der Waals surface area contributed by atoms with Gasteiger partial charge in [-0.05, 0) is 23.5 Å². The molecule has 0 aliphatic heterocycles. The van der Waals surface area contributed by atoms with E-state index in [0.29, 0.717) is 17.7 Å². The maximum Gasteiger partial charge on any atom is 0.302 e. The molecule has 0 rings (SSSR count). The van der Waals surface area contributed by atoms with Crippen LogP contribution >= 0.6 is 0 Å². The van der Waals surface area contributed by atoms with E-state index in [1.165, 1.54) is 6.92 Å². The van der Waals surface area contributed by atoms with Gasteiger partial charge in [-0.15, -0.1) is 0 Å². The molecule has 0 fully saturated rings. The fourth-order valence-corrected chi connectivity index (χ4v) is 5.01. The van der Waals surface area contributed by atoms with Crippen LogP contribution in [0.4, 0.5) is 0 Å². The maximum atomic E-state index is 10.6. The Morgan fingerprint density at radius 1 is 1.27 bits per heavy atom. The molecule has 0 saturated heterocycles. The Balaban J connectivity index is 4.03. The standard InChI is InChI=1S/C11H24O3Si/c1-9(2)15(13,10(3)4)8-6-7-14-11(5)12/h9-10,13H,6-8H2,1-5H3. The third kappa shape index (κ3) is 4.80. The topological polar surface area (TPSA) is 46.5 Å². The predicted octanol–water partition coefficient (Wildman–Crippen LogP) is 2.70. The van der Waals surface area contributed by atoms with Crippen molar-refractivity contribution in [2.75, 3.05) is 6.61 Å². The second-order valence-electron chi connectivity index (χ2n) is 4.74. The summed E-state index contributed by atoms with van der Waals surface area (Å²) in [6, 6.07) is 0.815. The van der Waals surface area contributed by atoms with E-state index in [4.69, 9.17) is 4.74 Å². The number of hydrogen-bond acceptors (Lipinski definition) is 3. The molecule has 0 spiro atoms. The van der Waals surface area contributed by atoms with Crippen LogP contribution in [0.5, 0.6) is 0 Å². The summed E-state index contributed by atoms with van der Waals surface area (Å²) in [6.07, 6.45) is 0.776. The normalized spacial score (nSPS) is 12.3. The first-order valence-electron chi connectivity index (χ1n) is 5.66. The van der Waals surface area contributed by atoms with Gasteiger partial charge in [0.05, 0.1) is 6.61 Å². The summed E-state index contributed by atoms with van der Waals surface area (Å²) < 4.78 is 4.87. The largest absolute Gasteiger partial charge is 0.466 e. The third-order valence-electron chi connectivity index (χ3n) is 3.03. The lowest BCUT2D eigenvalue weighted by Crippen LogP contribution is -2.41. The highest BCUT2D eigenvalue weighted by atomic mass is 28.4. The first-order valence-corrected chi connectivity index (χ1v) is 7.97. The van der Waals surface area contributed by atoms with Crippen LogP contribution in [0.3, 0.4) is 0 Å². The van der Waals surface area contributed by atoms with Gasteiger partial charge in [0.25, 0.3) is 0 Å². The van der Waals surface area contributed by atoms with Crippen molar-refractivity contribution in [3.8, 4) is 0 Å². The Morgan fingerprint density at radius 2 is 1.73 bits per heavy atom. The molecular weight excluding hydrogens is 208 g/mol. The van der Waals surface area contributed by atoms with Crippen LogP contribution in [0.15, 0.2) is 0 Å². The predicted molar refractivity (Wildman–Crippen MR) is 64.2 cm³/mol. The number of rotatable bonds is 6. The van der Waals surface area contributed by atoms with Crippen molar-refractivity contribution >= 4 is 14.3 Å². The molecule has 0 aliphatic carbocycles. The third-order valence-corrected chi connectivity index (χ3v) is 8.18. The van der Waals surface area contributed by atoms with E-state index in [2.05, 4.69) is 27.7 Å². The molecule has 0 bridgehead atoms. The Bertz CT molecular complexity index is 194. The summed E-state index contributed by atoms with van der Waals surface area (Å²) in [5, 5.41) is 0. The molecule has 0 aromatic carbocycles. The van der Waals surface area contributed by atoms with Gasteiger partial charge < -0.3 is 9.53 Å². The molecule has 0 radical (unpaired) electrons. The Morgan fingerprint density at radius 3 is 2.07 bits per heavy atom. The summed E-state index contributed by atoms with van der Waals surface area (Å²) in [5.41, 5.74) is 0.713. The van der Waals surface area contributed by atoms with Gasteiger partial charge in [0, 0.05) is 6.92 Å². The van der Waals surface area contributed by atoms with Gasteiger partial charge in [-0.1, -0.05) is 27.7 Å². The summed E-state index contributed by atoms with van der Waals surface area (Å²) in [7, 11) is -2.17. The van der Waals surface area contributed by atoms with Crippen LogP contribution in [-0.4, -0.2) is 25.7 Å². The number of esters is 1. The summed E-state index contributed by atoms with van der Waals surface area (Å²) in [5.74, 6) is -0.241. The first-order chi connectivity index (χ1) is 6.80. The van der Waals surface area contributed by atoms with Gasteiger partial charge in [0.15, 0.2) is 8.32 Å². The number of hydrogen-bond donors (Lipinski definition) is 1. The smallest absolute Gasteiger partial charge is 0.302 e. The van der Waals surface area contributed by atoms with Crippen molar-refractivity contribution in [2.45, 2.75) is 58.2 Å². The highest BCUT2D eigenvalue weighted by Crippen LogP contribution is 2.33. The molecule has 3 nitrogen and oxygen atoms in total. The monoisotopic (exact) mass is 232 g/mol. The summed E-state index contributed by atoms with van der Waals surface area (Å²) in [6.45, 7) is 10.2. The SMILES string of the molecule is CC(=O)OCCC[Si](O)(C(C)C)C(C)C. The van der Waals surface area contributed by atoms with E-state index in [1.807, 2.05) is 0 Å². The zero-order valence-corrected chi connectivity index (χ0v) is 11.5. The van der Waals surface area contributed by atoms with E-state index in [-0.39, 0.29) is 5.97 Å². The zero-order chi connectivity index (χ0) is 12.1. The fourth-order valence-electron chi connectivity index (χ4n) is 1.82. The molecule has 1 N–H and O–H groups in total. The lowest BCUT2D eigenvalue weighted by molar-refractivity contribution is -0.140. The number of ether oxygens (including phenoxy) is 1. The van der Waals surface area contributed by atoms with E-state index >= 15 is 0 Å². The van der Waals surface area contributed by atoms with Crippen LogP contribution in [0.2, 0.25) is 17.1 Å². The van der Waals surface area contributed by atoms with Crippen molar-refractivity contribution in [1.29, 1.82) is 0 Å². The van der Waals surface area contributed by atoms with Gasteiger partial charge >= 0.3 is 5.97 Å². The molecule has 0 heterocycles. The lowest BCUT2D eigenvalue weighted by atomic mass is 10.5. The van der Waals surface area contributed by atoms with Crippen molar-refractivity contribution in [3.05, 3.63) is 0 Å². The highest BCUT2D eigenvalue weighted by Gasteiger charge is 2.37. The summed E-state index contributed by atoms with van der Waals surface area (Å²) >= 11 is 0. The molecule has 0 atom stereocenters. The minimum absolute atomic E-state index is 0.241. The molecule has 0 aromatic heterocycles. The molecule has 0 aliphatic rings. The summed E-state index contributed by atoms with van der Waals surface area (Å²) in [4.78, 5) is 21.1. The second-order valence-corrected chi connectivity index (χ2v) is 9.54. The van der Waals surface area contributed by atoms with Crippen molar-refractivity contribution in [2.24, 2.45) is 0 Å². The van der Waals surface area contributed by atoms with Crippen LogP contribution in [-0.2, 0) is 9.53 Å². The van der Waals surface area contributed by atoms with E-state index in [1.54, 1.807) is 0 Å². The average molecular weight is 232 g/mol. The van der Waals surface area contributed by atoms with E-state index in [0.717, 1.165) is 12.5 Å². The van der Waals surface area contributed by atoms with Gasteiger partial charge in [-0.2, -0.15) is 0 Å². The first kappa shape index (κ1) is 14.6. The Kier molecular flexibility index (Phi) is 6.13. The molecule has 0 saturated carbocycles. The minimum atomic E-state index is -2.17. The quantitative estimate of drug-likeness (QED) is 0.435. The molecule has 0 amide bonds. The van der Waals surface area contributed by atoms with Gasteiger partial charge in [-0.25, -0.2) is 0 Å². The fraction of sp³-hybridized carbons (Fsp3) is 0.909. The van der Waals surface area contributed by atoms with Gasteiger partial charge in [0.1, 0.15) is 0 Å². The maximum absolute atomic E-state index is 10.6. The Hall–Kier alpha value is -0.353. The van der Waals surface area contributed by atoms with Crippen molar-refractivity contribution in [3.63, 3.8) is 0 Å². The van der Waals surface area contributed by atoms with Crippen molar-refractivity contribution < 1.29 is 14.3 Å². The van der Waals surface area contributed by atoms with E-state index in [9.17, 15) is 9.59 Å². The zero-order valence-electron chi connectivity index (χ0n) is 10.5.